The number of H-pyrrole nitrogens is 1. The zero-order valence-electron chi connectivity index (χ0n) is 18.8. The van der Waals surface area contributed by atoms with Crippen LogP contribution in [0.5, 0.6) is 5.75 Å². The standard InChI is InChI=1S/C29H18BrClN2O3/c30-20-5-8-23-24(15-20)33-29(32-23)22-13-17(1-9-25(22)34)11-16-2-10-26-19(12-16)14-27(36-26)28(35)18-3-6-21(31)7-4-18/h1-10,12-15,34H,11H2,(H,32,33). The highest BCUT2D eigenvalue weighted by atomic mass is 79.9. The minimum Gasteiger partial charge on any atom is -0.507 e. The van der Waals surface area contributed by atoms with Gasteiger partial charge in [0.25, 0.3) is 0 Å². The summed E-state index contributed by atoms with van der Waals surface area (Å²) in [6.45, 7) is 0. The molecular formula is C29H18BrClN2O3. The van der Waals surface area contributed by atoms with Gasteiger partial charge in [0.2, 0.25) is 5.78 Å². The summed E-state index contributed by atoms with van der Waals surface area (Å²) < 4.78 is 6.77. The Morgan fingerprint density at radius 2 is 1.72 bits per heavy atom. The van der Waals surface area contributed by atoms with Gasteiger partial charge in [-0.3, -0.25) is 4.79 Å². The average Bonchev–Trinajstić information content (AvgIpc) is 3.49. The number of hydrogen-bond donors (Lipinski definition) is 2. The van der Waals surface area contributed by atoms with Crippen molar-refractivity contribution >= 4 is 55.3 Å². The Morgan fingerprint density at radius 1 is 0.944 bits per heavy atom. The second-order valence-electron chi connectivity index (χ2n) is 8.59. The van der Waals surface area contributed by atoms with Crippen LogP contribution in [0.1, 0.15) is 27.2 Å². The Balaban J connectivity index is 1.29. The number of phenols is 1. The zero-order valence-corrected chi connectivity index (χ0v) is 21.1. The van der Waals surface area contributed by atoms with Gasteiger partial charge in [-0.1, -0.05) is 39.7 Å². The quantitative estimate of drug-likeness (QED) is 0.211. The molecule has 36 heavy (non-hydrogen) atoms. The number of carbonyl (C=O) groups is 1. The Bertz CT molecular complexity index is 1770. The lowest BCUT2D eigenvalue weighted by Crippen LogP contribution is -1.98. The van der Waals surface area contributed by atoms with Crippen LogP contribution >= 0.6 is 27.5 Å². The predicted octanol–water partition coefficient (Wildman–Crippen LogP) is 7.92. The highest BCUT2D eigenvalue weighted by Gasteiger charge is 2.16. The maximum atomic E-state index is 12.8. The molecule has 7 heteroatoms. The van der Waals surface area contributed by atoms with Crippen LogP contribution < -0.4 is 0 Å². The summed E-state index contributed by atoms with van der Waals surface area (Å²) in [5.41, 5.74) is 5.60. The fourth-order valence-corrected chi connectivity index (χ4v) is 4.77. The van der Waals surface area contributed by atoms with E-state index < -0.39 is 0 Å². The molecule has 6 rings (SSSR count). The summed E-state index contributed by atoms with van der Waals surface area (Å²) in [5, 5.41) is 11.9. The molecule has 0 aliphatic heterocycles. The van der Waals surface area contributed by atoms with Crippen molar-refractivity contribution in [1.29, 1.82) is 0 Å². The molecular weight excluding hydrogens is 540 g/mol. The predicted molar refractivity (Wildman–Crippen MR) is 145 cm³/mol. The van der Waals surface area contributed by atoms with Gasteiger partial charge in [0.05, 0.1) is 16.6 Å². The van der Waals surface area contributed by atoms with Gasteiger partial charge in [-0.15, -0.1) is 0 Å². The molecule has 176 valence electrons. The number of halogens is 2. The van der Waals surface area contributed by atoms with Crippen LogP contribution in [0.15, 0.2) is 93.8 Å². The third-order valence-electron chi connectivity index (χ3n) is 6.08. The number of hydrogen-bond acceptors (Lipinski definition) is 4. The molecule has 6 aromatic rings. The summed E-state index contributed by atoms with van der Waals surface area (Å²) in [5.74, 6) is 0.865. The van der Waals surface area contributed by atoms with Crippen molar-refractivity contribution in [2.24, 2.45) is 0 Å². The van der Waals surface area contributed by atoms with E-state index in [1.165, 1.54) is 0 Å². The van der Waals surface area contributed by atoms with Crippen LogP contribution in [0, 0.1) is 0 Å². The molecule has 0 amide bonds. The molecule has 0 spiro atoms. The van der Waals surface area contributed by atoms with Gasteiger partial charge in [-0.25, -0.2) is 4.98 Å². The lowest BCUT2D eigenvalue weighted by atomic mass is 10.0. The number of rotatable bonds is 5. The van der Waals surface area contributed by atoms with Gasteiger partial charge < -0.3 is 14.5 Å². The number of nitrogens with zero attached hydrogens (tertiary/aromatic N) is 1. The number of benzene rings is 4. The lowest BCUT2D eigenvalue weighted by Gasteiger charge is -2.07. The minimum absolute atomic E-state index is 0.160. The maximum absolute atomic E-state index is 12.8. The molecule has 2 aromatic heterocycles. The van der Waals surface area contributed by atoms with Crippen molar-refractivity contribution in [3.05, 3.63) is 117 Å². The molecule has 5 nitrogen and oxygen atoms in total. The third-order valence-corrected chi connectivity index (χ3v) is 6.82. The molecule has 4 aromatic carbocycles. The van der Waals surface area contributed by atoms with E-state index in [1.807, 2.05) is 48.5 Å². The maximum Gasteiger partial charge on any atom is 0.228 e. The first-order chi connectivity index (χ1) is 17.4. The molecule has 0 aliphatic rings. The van der Waals surface area contributed by atoms with Crippen molar-refractivity contribution < 1.29 is 14.3 Å². The number of ketones is 1. The van der Waals surface area contributed by atoms with Crippen molar-refractivity contribution in [2.75, 3.05) is 0 Å². The Hall–Kier alpha value is -3.87. The molecule has 0 unspecified atom stereocenters. The number of carbonyl (C=O) groups excluding carboxylic acids is 1. The van der Waals surface area contributed by atoms with Crippen molar-refractivity contribution in [3.8, 4) is 17.1 Å². The van der Waals surface area contributed by atoms with Crippen molar-refractivity contribution in [3.63, 3.8) is 0 Å². The van der Waals surface area contributed by atoms with Crippen molar-refractivity contribution in [1.82, 2.24) is 9.97 Å². The van der Waals surface area contributed by atoms with Crippen LogP contribution in [0.2, 0.25) is 5.02 Å². The normalized spacial score (nSPS) is 11.4. The van der Waals surface area contributed by atoms with E-state index in [1.54, 1.807) is 36.4 Å². The van der Waals surface area contributed by atoms with Gasteiger partial charge in [-0.2, -0.15) is 0 Å². The van der Waals surface area contributed by atoms with Crippen LogP contribution in [0.25, 0.3) is 33.4 Å². The Labute approximate surface area is 219 Å². The number of aromatic amines is 1. The van der Waals surface area contributed by atoms with E-state index in [0.717, 1.165) is 32.0 Å². The van der Waals surface area contributed by atoms with Gasteiger partial charge in [0, 0.05) is 20.4 Å². The minimum atomic E-state index is -0.189. The topological polar surface area (TPSA) is 79.1 Å². The monoisotopic (exact) mass is 556 g/mol. The first kappa shape index (κ1) is 22.6. The molecule has 0 aliphatic carbocycles. The summed E-state index contributed by atoms with van der Waals surface area (Å²) in [7, 11) is 0. The van der Waals surface area contributed by atoms with E-state index in [9.17, 15) is 9.90 Å². The van der Waals surface area contributed by atoms with E-state index >= 15 is 0 Å². The molecule has 0 bridgehead atoms. The van der Waals surface area contributed by atoms with E-state index in [4.69, 9.17) is 16.0 Å². The first-order valence-electron chi connectivity index (χ1n) is 11.2. The van der Waals surface area contributed by atoms with Gasteiger partial charge in [0.1, 0.15) is 17.2 Å². The Kier molecular flexibility index (Phi) is 5.63. The highest BCUT2D eigenvalue weighted by molar-refractivity contribution is 9.10. The van der Waals surface area contributed by atoms with E-state index in [-0.39, 0.29) is 17.3 Å². The number of furan rings is 1. The number of fused-ring (bicyclic) bond motifs is 2. The molecule has 0 radical (unpaired) electrons. The van der Waals surface area contributed by atoms with Crippen molar-refractivity contribution in [2.45, 2.75) is 6.42 Å². The molecule has 0 fully saturated rings. The number of nitrogens with one attached hydrogen (secondary N) is 1. The third kappa shape index (κ3) is 4.30. The van der Waals surface area contributed by atoms with Gasteiger partial charge in [0.15, 0.2) is 5.76 Å². The smallest absolute Gasteiger partial charge is 0.228 e. The largest absolute Gasteiger partial charge is 0.507 e. The lowest BCUT2D eigenvalue weighted by molar-refractivity contribution is 0.101. The zero-order chi connectivity index (χ0) is 24.8. The number of aromatic hydroxyl groups is 1. The molecule has 0 saturated carbocycles. The summed E-state index contributed by atoms with van der Waals surface area (Å²) >= 11 is 9.41. The fourth-order valence-electron chi connectivity index (χ4n) is 4.29. The van der Waals surface area contributed by atoms with Crippen LogP contribution in [0.4, 0.5) is 0 Å². The fraction of sp³-hybridized carbons (Fsp3) is 0.0345. The second kappa shape index (κ2) is 8.97. The van der Waals surface area contributed by atoms with Gasteiger partial charge >= 0.3 is 0 Å². The first-order valence-corrected chi connectivity index (χ1v) is 12.4. The van der Waals surface area contributed by atoms with E-state index in [2.05, 4.69) is 25.9 Å². The highest BCUT2D eigenvalue weighted by Crippen LogP contribution is 2.32. The van der Waals surface area contributed by atoms with Crippen LogP contribution in [-0.2, 0) is 6.42 Å². The summed E-state index contributed by atoms with van der Waals surface area (Å²) in [4.78, 5) is 20.7. The molecule has 0 saturated heterocycles. The molecule has 2 N–H and O–H groups in total. The SMILES string of the molecule is O=C(c1ccc(Cl)cc1)c1cc2cc(Cc3ccc(O)c(-c4nc5ccc(Br)cc5[nH]4)c3)ccc2o1. The number of aromatic nitrogens is 2. The van der Waals surface area contributed by atoms with Crippen LogP contribution in [0.3, 0.4) is 0 Å². The van der Waals surface area contributed by atoms with E-state index in [0.29, 0.717) is 34.0 Å². The number of phenolic OH excluding ortho intramolecular Hbond substituents is 1. The second-order valence-corrected chi connectivity index (χ2v) is 9.95. The van der Waals surface area contributed by atoms with Gasteiger partial charge in [-0.05, 0) is 90.3 Å². The molecule has 0 atom stereocenters. The summed E-state index contributed by atoms with van der Waals surface area (Å²) in [6.07, 6.45) is 0.640. The Morgan fingerprint density at radius 3 is 2.56 bits per heavy atom. The molecule has 2 heterocycles. The van der Waals surface area contributed by atoms with Crippen LogP contribution in [-0.4, -0.2) is 20.9 Å². The average molecular weight is 558 g/mol. The number of imidazole rings is 1. The summed E-state index contributed by atoms with van der Waals surface area (Å²) in [6, 6.07) is 25.7.